The smallest absolute Gasteiger partial charge is 0.226 e. The van der Waals surface area contributed by atoms with Gasteiger partial charge >= 0.3 is 0 Å². The molecule has 25 heavy (non-hydrogen) atoms. The Morgan fingerprint density at radius 2 is 1.44 bits per heavy atom. The highest BCUT2D eigenvalue weighted by atomic mass is 16.5. The molecule has 0 aliphatic rings. The Morgan fingerprint density at radius 1 is 0.880 bits per heavy atom. The summed E-state index contributed by atoms with van der Waals surface area (Å²) in [5.41, 5.74) is 2.33. The van der Waals surface area contributed by atoms with Gasteiger partial charge < -0.3 is 20.7 Å². The molecular formula is C19H23N3O3. The lowest BCUT2D eigenvalue weighted by atomic mass is 10.2. The minimum atomic E-state index is -0.128. The molecule has 2 aromatic carbocycles. The van der Waals surface area contributed by atoms with Crippen LogP contribution in [-0.2, 0) is 9.59 Å². The summed E-state index contributed by atoms with van der Waals surface area (Å²) in [6.07, 6.45) is 0.348. The Hall–Kier alpha value is -3.02. The van der Waals surface area contributed by atoms with Crippen LogP contribution < -0.4 is 20.7 Å². The fourth-order valence-corrected chi connectivity index (χ4v) is 2.22. The molecule has 0 radical (unpaired) electrons. The first-order valence-corrected chi connectivity index (χ1v) is 8.21. The summed E-state index contributed by atoms with van der Waals surface area (Å²) in [7, 11) is 0. The van der Waals surface area contributed by atoms with E-state index in [4.69, 9.17) is 4.74 Å². The number of anilines is 3. The maximum Gasteiger partial charge on any atom is 0.226 e. The first kappa shape index (κ1) is 18.3. The zero-order valence-corrected chi connectivity index (χ0v) is 14.5. The molecule has 0 unspecified atom stereocenters. The number of ether oxygens (including phenoxy) is 1. The van der Waals surface area contributed by atoms with E-state index in [9.17, 15) is 9.59 Å². The number of nitrogens with one attached hydrogen (secondary N) is 3. The molecular weight excluding hydrogens is 318 g/mol. The van der Waals surface area contributed by atoms with E-state index in [-0.39, 0.29) is 11.8 Å². The van der Waals surface area contributed by atoms with Crippen molar-refractivity contribution < 1.29 is 14.3 Å². The van der Waals surface area contributed by atoms with Gasteiger partial charge in [-0.25, -0.2) is 0 Å². The monoisotopic (exact) mass is 341 g/mol. The average molecular weight is 341 g/mol. The first-order chi connectivity index (χ1) is 12.1. The largest absolute Gasteiger partial charge is 0.494 e. The zero-order chi connectivity index (χ0) is 18.1. The van der Waals surface area contributed by atoms with Crippen LogP contribution in [0.25, 0.3) is 0 Å². The van der Waals surface area contributed by atoms with E-state index in [1.807, 2.05) is 31.2 Å². The highest BCUT2D eigenvalue weighted by molar-refractivity contribution is 5.92. The quantitative estimate of drug-likeness (QED) is 0.687. The molecule has 6 heteroatoms. The van der Waals surface area contributed by atoms with E-state index in [0.29, 0.717) is 30.9 Å². The van der Waals surface area contributed by atoms with Gasteiger partial charge in [0.15, 0.2) is 0 Å². The van der Waals surface area contributed by atoms with Gasteiger partial charge in [0.25, 0.3) is 0 Å². The van der Waals surface area contributed by atoms with Crippen LogP contribution in [0, 0.1) is 0 Å². The number of carbonyl (C=O) groups is 2. The van der Waals surface area contributed by atoms with Gasteiger partial charge in [-0.15, -0.1) is 0 Å². The lowest BCUT2D eigenvalue weighted by Gasteiger charge is -2.09. The minimum absolute atomic E-state index is 0.0780. The van der Waals surface area contributed by atoms with Gasteiger partial charge in [-0.1, -0.05) is 0 Å². The summed E-state index contributed by atoms with van der Waals surface area (Å²) < 4.78 is 5.38. The van der Waals surface area contributed by atoms with Crippen molar-refractivity contribution in [2.24, 2.45) is 0 Å². The molecule has 0 saturated carbocycles. The molecule has 6 nitrogen and oxygen atoms in total. The molecule has 0 aromatic heterocycles. The number of carbonyl (C=O) groups excluding carboxylic acids is 2. The van der Waals surface area contributed by atoms with Gasteiger partial charge in [-0.05, 0) is 55.5 Å². The summed E-state index contributed by atoms with van der Waals surface area (Å²) in [5.74, 6) is 0.622. The van der Waals surface area contributed by atoms with Crippen LogP contribution >= 0.6 is 0 Å². The van der Waals surface area contributed by atoms with Crippen molar-refractivity contribution in [3.8, 4) is 5.75 Å². The summed E-state index contributed by atoms with van der Waals surface area (Å²) in [4.78, 5) is 22.9. The Balaban J connectivity index is 1.74. The molecule has 2 rings (SSSR count). The van der Waals surface area contributed by atoms with Gasteiger partial charge in [0.05, 0.1) is 6.61 Å². The van der Waals surface area contributed by atoms with E-state index < -0.39 is 0 Å². The Kier molecular flexibility index (Phi) is 6.83. The number of hydrogen-bond acceptors (Lipinski definition) is 4. The molecule has 0 heterocycles. The van der Waals surface area contributed by atoms with Crippen LogP contribution in [0.4, 0.5) is 17.1 Å². The van der Waals surface area contributed by atoms with Gasteiger partial charge in [0, 0.05) is 37.0 Å². The maximum absolute atomic E-state index is 12.0. The van der Waals surface area contributed by atoms with Gasteiger partial charge in [-0.2, -0.15) is 0 Å². The summed E-state index contributed by atoms with van der Waals surface area (Å²) >= 11 is 0. The second-order valence-electron chi connectivity index (χ2n) is 5.44. The predicted octanol–water partition coefficient (Wildman–Crippen LogP) is 3.48. The molecule has 3 N–H and O–H groups in total. The lowest BCUT2D eigenvalue weighted by molar-refractivity contribution is -0.116. The van der Waals surface area contributed by atoms with E-state index >= 15 is 0 Å². The van der Waals surface area contributed by atoms with E-state index in [0.717, 1.165) is 11.4 Å². The number of hydrogen-bond donors (Lipinski definition) is 3. The Morgan fingerprint density at radius 3 is 2.00 bits per heavy atom. The molecule has 2 amide bonds. The molecule has 0 spiro atoms. The van der Waals surface area contributed by atoms with E-state index in [2.05, 4.69) is 16.0 Å². The van der Waals surface area contributed by atoms with Gasteiger partial charge in [0.2, 0.25) is 11.8 Å². The second-order valence-corrected chi connectivity index (χ2v) is 5.44. The van der Waals surface area contributed by atoms with Crippen molar-refractivity contribution >= 4 is 28.9 Å². The lowest BCUT2D eigenvalue weighted by Crippen LogP contribution is -2.16. The van der Waals surface area contributed by atoms with Crippen molar-refractivity contribution in [1.82, 2.24) is 0 Å². The van der Waals surface area contributed by atoms with Gasteiger partial charge in [0.1, 0.15) is 5.75 Å². The zero-order valence-electron chi connectivity index (χ0n) is 14.5. The van der Waals surface area contributed by atoms with E-state index in [1.165, 1.54) is 6.92 Å². The third-order valence-corrected chi connectivity index (χ3v) is 3.34. The van der Waals surface area contributed by atoms with Crippen molar-refractivity contribution in [3.05, 3.63) is 48.5 Å². The third-order valence-electron chi connectivity index (χ3n) is 3.34. The molecule has 0 saturated heterocycles. The summed E-state index contributed by atoms with van der Waals surface area (Å²) in [5, 5.41) is 8.70. The fraction of sp³-hybridized carbons (Fsp3) is 0.263. The highest BCUT2D eigenvalue weighted by Crippen LogP contribution is 2.16. The third kappa shape index (κ3) is 6.55. The SMILES string of the molecule is CCOc1ccc(NCCC(=O)Nc2ccc(NC(C)=O)cc2)cc1. The fourth-order valence-electron chi connectivity index (χ4n) is 2.22. The number of amides is 2. The van der Waals surface area contributed by atoms with Crippen molar-refractivity contribution in [2.45, 2.75) is 20.3 Å². The van der Waals surface area contributed by atoms with Crippen LogP contribution in [0.3, 0.4) is 0 Å². The summed E-state index contributed by atoms with van der Waals surface area (Å²) in [6, 6.07) is 14.6. The predicted molar refractivity (Wildman–Crippen MR) is 100 cm³/mol. The highest BCUT2D eigenvalue weighted by Gasteiger charge is 2.03. The number of benzene rings is 2. The van der Waals surface area contributed by atoms with Crippen LogP contribution in [-0.4, -0.2) is 25.0 Å². The molecule has 0 atom stereocenters. The average Bonchev–Trinajstić information content (AvgIpc) is 2.58. The van der Waals surface area contributed by atoms with E-state index in [1.54, 1.807) is 24.3 Å². The van der Waals surface area contributed by atoms with Crippen molar-refractivity contribution in [1.29, 1.82) is 0 Å². The molecule has 0 aliphatic carbocycles. The van der Waals surface area contributed by atoms with Crippen molar-refractivity contribution in [2.75, 3.05) is 29.1 Å². The Labute approximate surface area is 147 Å². The van der Waals surface area contributed by atoms with Crippen LogP contribution in [0.15, 0.2) is 48.5 Å². The second kappa shape index (κ2) is 9.32. The van der Waals surface area contributed by atoms with Gasteiger partial charge in [-0.3, -0.25) is 9.59 Å². The molecule has 132 valence electrons. The molecule has 0 aliphatic heterocycles. The Bertz CT molecular complexity index is 697. The normalized spacial score (nSPS) is 10.0. The minimum Gasteiger partial charge on any atom is -0.494 e. The van der Waals surface area contributed by atoms with Crippen LogP contribution in [0.5, 0.6) is 5.75 Å². The molecule has 0 bridgehead atoms. The topological polar surface area (TPSA) is 79.5 Å². The summed E-state index contributed by atoms with van der Waals surface area (Å²) in [6.45, 7) is 4.56. The van der Waals surface area contributed by atoms with Crippen LogP contribution in [0.1, 0.15) is 20.3 Å². The van der Waals surface area contributed by atoms with Crippen molar-refractivity contribution in [3.63, 3.8) is 0 Å². The number of rotatable bonds is 8. The standard InChI is InChI=1S/C19H23N3O3/c1-3-25-18-10-8-15(9-11-18)20-13-12-19(24)22-17-6-4-16(5-7-17)21-14(2)23/h4-11,20H,3,12-13H2,1-2H3,(H,21,23)(H,22,24). The molecule has 0 fully saturated rings. The maximum atomic E-state index is 12.0. The molecule has 2 aromatic rings. The first-order valence-electron chi connectivity index (χ1n) is 8.21. The van der Waals surface area contributed by atoms with Crippen LogP contribution in [0.2, 0.25) is 0 Å².